The molecule has 2 rings (SSSR count). The molecular formula is C17H19Cl2NO. The third-order valence-corrected chi connectivity index (χ3v) is 4.65. The van der Waals surface area contributed by atoms with E-state index < -0.39 is 5.54 Å². The zero-order valence-corrected chi connectivity index (χ0v) is 13.7. The Bertz CT molecular complexity index is 570. The predicted octanol–water partition coefficient (Wildman–Crippen LogP) is 4.18. The normalized spacial score (nSPS) is 11.9. The molecule has 0 radical (unpaired) electrons. The Balaban J connectivity index is 2.66. The van der Waals surface area contributed by atoms with Crippen molar-refractivity contribution in [3.8, 4) is 0 Å². The lowest BCUT2D eigenvalue weighted by atomic mass is 9.83. The van der Waals surface area contributed by atoms with E-state index in [4.69, 9.17) is 23.2 Å². The number of hydrogen-bond acceptors (Lipinski definition) is 2. The topological polar surface area (TPSA) is 23.5 Å². The third kappa shape index (κ3) is 3.09. The standard InChI is InChI=1S/C17H19Cl2NO/c1-17(20(2)11-12-21,13-7-3-5-9-15(13)18)14-8-4-6-10-16(14)19/h3-10,21H,11-12H2,1-2H3. The molecule has 0 fully saturated rings. The van der Waals surface area contributed by atoms with Gasteiger partial charge in [0.25, 0.3) is 0 Å². The summed E-state index contributed by atoms with van der Waals surface area (Å²) in [6.07, 6.45) is 0. The molecule has 1 N–H and O–H groups in total. The highest BCUT2D eigenvalue weighted by molar-refractivity contribution is 6.32. The van der Waals surface area contributed by atoms with Crippen LogP contribution in [0, 0.1) is 0 Å². The summed E-state index contributed by atoms with van der Waals surface area (Å²) in [7, 11) is 1.96. The van der Waals surface area contributed by atoms with Crippen LogP contribution in [-0.2, 0) is 5.54 Å². The van der Waals surface area contributed by atoms with Gasteiger partial charge in [-0.2, -0.15) is 0 Å². The van der Waals surface area contributed by atoms with Crippen molar-refractivity contribution in [2.75, 3.05) is 20.2 Å². The van der Waals surface area contributed by atoms with E-state index in [0.717, 1.165) is 11.1 Å². The Kier molecular flexibility index (Phi) is 5.28. The summed E-state index contributed by atoms with van der Waals surface area (Å²) >= 11 is 12.8. The first-order valence-electron chi connectivity index (χ1n) is 6.84. The van der Waals surface area contributed by atoms with Crippen molar-refractivity contribution >= 4 is 23.2 Å². The smallest absolute Gasteiger partial charge is 0.0714 e. The van der Waals surface area contributed by atoms with Crippen LogP contribution < -0.4 is 0 Å². The molecule has 0 aliphatic carbocycles. The van der Waals surface area contributed by atoms with E-state index in [2.05, 4.69) is 11.8 Å². The molecule has 0 amide bonds. The van der Waals surface area contributed by atoms with Crippen LogP contribution in [0.4, 0.5) is 0 Å². The number of halogens is 2. The van der Waals surface area contributed by atoms with Gasteiger partial charge >= 0.3 is 0 Å². The molecule has 0 aromatic heterocycles. The Morgan fingerprint density at radius 1 is 0.952 bits per heavy atom. The maximum atomic E-state index is 9.32. The first kappa shape index (κ1) is 16.3. The molecule has 2 aromatic carbocycles. The highest BCUT2D eigenvalue weighted by Gasteiger charge is 2.36. The van der Waals surface area contributed by atoms with Crippen LogP contribution in [-0.4, -0.2) is 30.2 Å². The van der Waals surface area contributed by atoms with Gasteiger partial charge in [0, 0.05) is 16.6 Å². The summed E-state index contributed by atoms with van der Waals surface area (Å²) in [5.41, 5.74) is 1.42. The highest BCUT2D eigenvalue weighted by atomic mass is 35.5. The number of aliphatic hydroxyl groups is 1. The van der Waals surface area contributed by atoms with Gasteiger partial charge in [-0.1, -0.05) is 59.6 Å². The molecule has 0 heterocycles. The number of aliphatic hydroxyl groups excluding tert-OH is 1. The van der Waals surface area contributed by atoms with Crippen molar-refractivity contribution in [3.05, 3.63) is 69.7 Å². The van der Waals surface area contributed by atoms with E-state index in [1.165, 1.54) is 0 Å². The molecule has 0 aliphatic rings. The fraction of sp³-hybridized carbons (Fsp3) is 0.294. The van der Waals surface area contributed by atoms with Gasteiger partial charge < -0.3 is 5.11 Å². The Labute approximate surface area is 135 Å². The molecule has 2 nitrogen and oxygen atoms in total. The first-order chi connectivity index (χ1) is 10.0. The number of nitrogens with zero attached hydrogens (tertiary/aromatic N) is 1. The predicted molar refractivity (Wildman–Crippen MR) is 89.1 cm³/mol. The lowest BCUT2D eigenvalue weighted by molar-refractivity contribution is 0.138. The summed E-state index contributed by atoms with van der Waals surface area (Å²) in [4.78, 5) is 2.06. The van der Waals surface area contributed by atoms with Crippen molar-refractivity contribution in [2.45, 2.75) is 12.5 Å². The van der Waals surface area contributed by atoms with E-state index in [9.17, 15) is 5.11 Å². The quantitative estimate of drug-likeness (QED) is 0.892. The van der Waals surface area contributed by atoms with Crippen LogP contribution in [0.15, 0.2) is 48.5 Å². The second-order valence-electron chi connectivity index (χ2n) is 5.18. The molecule has 4 heteroatoms. The number of rotatable bonds is 5. The molecule has 0 spiro atoms. The highest BCUT2D eigenvalue weighted by Crippen LogP contribution is 2.41. The lowest BCUT2D eigenvalue weighted by Crippen LogP contribution is -2.44. The Hall–Kier alpha value is -1.06. The van der Waals surface area contributed by atoms with E-state index in [-0.39, 0.29) is 6.61 Å². The average molecular weight is 324 g/mol. The summed E-state index contributed by atoms with van der Waals surface area (Å²) in [6.45, 7) is 2.67. The van der Waals surface area contributed by atoms with E-state index in [1.54, 1.807) is 0 Å². The molecule has 0 saturated carbocycles. The Morgan fingerprint density at radius 2 is 1.38 bits per heavy atom. The van der Waals surface area contributed by atoms with Crippen molar-refractivity contribution in [2.24, 2.45) is 0 Å². The van der Waals surface area contributed by atoms with Crippen molar-refractivity contribution in [3.63, 3.8) is 0 Å². The van der Waals surface area contributed by atoms with E-state index >= 15 is 0 Å². The summed E-state index contributed by atoms with van der Waals surface area (Å²) in [6, 6.07) is 15.5. The van der Waals surface area contributed by atoms with Crippen molar-refractivity contribution in [1.29, 1.82) is 0 Å². The molecule has 0 unspecified atom stereocenters. The van der Waals surface area contributed by atoms with Gasteiger partial charge in [-0.05, 0) is 37.2 Å². The van der Waals surface area contributed by atoms with Crippen LogP contribution in [0.2, 0.25) is 10.0 Å². The van der Waals surface area contributed by atoms with Crippen LogP contribution in [0.5, 0.6) is 0 Å². The van der Waals surface area contributed by atoms with Gasteiger partial charge in [-0.25, -0.2) is 0 Å². The van der Waals surface area contributed by atoms with Gasteiger partial charge in [-0.15, -0.1) is 0 Å². The van der Waals surface area contributed by atoms with E-state index in [1.807, 2.05) is 55.6 Å². The maximum Gasteiger partial charge on any atom is 0.0714 e. The van der Waals surface area contributed by atoms with Gasteiger partial charge in [0.05, 0.1) is 12.1 Å². The maximum absolute atomic E-state index is 9.32. The molecule has 0 bridgehead atoms. The van der Waals surface area contributed by atoms with Crippen LogP contribution in [0.3, 0.4) is 0 Å². The second kappa shape index (κ2) is 6.80. The Morgan fingerprint density at radius 3 is 1.76 bits per heavy atom. The largest absolute Gasteiger partial charge is 0.395 e. The molecule has 2 aromatic rings. The van der Waals surface area contributed by atoms with Crippen LogP contribution in [0.25, 0.3) is 0 Å². The first-order valence-corrected chi connectivity index (χ1v) is 7.59. The fourth-order valence-electron chi connectivity index (χ4n) is 2.64. The molecule has 21 heavy (non-hydrogen) atoms. The van der Waals surface area contributed by atoms with Gasteiger partial charge in [0.2, 0.25) is 0 Å². The van der Waals surface area contributed by atoms with Crippen LogP contribution >= 0.6 is 23.2 Å². The van der Waals surface area contributed by atoms with Crippen molar-refractivity contribution in [1.82, 2.24) is 4.90 Å². The zero-order valence-electron chi connectivity index (χ0n) is 12.2. The van der Waals surface area contributed by atoms with Crippen LogP contribution in [0.1, 0.15) is 18.1 Å². The molecule has 0 saturated heterocycles. The second-order valence-corrected chi connectivity index (χ2v) is 5.99. The lowest BCUT2D eigenvalue weighted by Gasteiger charge is -2.40. The number of benzene rings is 2. The van der Waals surface area contributed by atoms with Gasteiger partial charge in [-0.3, -0.25) is 4.90 Å². The summed E-state index contributed by atoms with van der Waals surface area (Å²) in [5.74, 6) is 0. The van der Waals surface area contributed by atoms with Gasteiger partial charge in [0.1, 0.15) is 0 Å². The molecule has 112 valence electrons. The average Bonchev–Trinajstić information content (AvgIpc) is 2.47. The number of hydrogen-bond donors (Lipinski definition) is 1. The third-order valence-electron chi connectivity index (χ3n) is 4.00. The molecule has 0 aliphatic heterocycles. The summed E-state index contributed by atoms with van der Waals surface area (Å²) in [5, 5.41) is 10.7. The number of likely N-dealkylation sites (N-methyl/N-ethyl adjacent to an activating group) is 1. The monoisotopic (exact) mass is 323 g/mol. The molecule has 0 atom stereocenters. The zero-order chi connectivity index (χ0) is 15.5. The minimum Gasteiger partial charge on any atom is -0.395 e. The minimum absolute atomic E-state index is 0.0704. The van der Waals surface area contributed by atoms with E-state index in [0.29, 0.717) is 16.6 Å². The molecular weight excluding hydrogens is 305 g/mol. The van der Waals surface area contributed by atoms with Crippen molar-refractivity contribution < 1.29 is 5.11 Å². The van der Waals surface area contributed by atoms with Gasteiger partial charge in [0.15, 0.2) is 0 Å². The SMILES string of the molecule is CN(CCO)C(C)(c1ccccc1Cl)c1ccccc1Cl. The summed E-state index contributed by atoms with van der Waals surface area (Å²) < 4.78 is 0. The fourth-order valence-corrected chi connectivity index (χ4v) is 3.28. The minimum atomic E-state index is -0.514.